The van der Waals surface area contributed by atoms with Crippen LogP contribution in [-0.4, -0.2) is 38.2 Å². The second-order valence-corrected chi connectivity index (χ2v) is 4.44. The zero-order valence-corrected chi connectivity index (χ0v) is 15.2. The van der Waals surface area contributed by atoms with E-state index in [2.05, 4.69) is 40.5 Å². The van der Waals surface area contributed by atoms with Gasteiger partial charge in [-0.05, 0) is 20.8 Å². The van der Waals surface area contributed by atoms with Crippen molar-refractivity contribution in [2.24, 2.45) is 0 Å². The summed E-state index contributed by atoms with van der Waals surface area (Å²) in [4.78, 5) is 31.9. The Hall–Kier alpha value is -3.14. The standard InChI is InChI=1S/C10H14O4.C5H8O2.C3H3N/c1-7(2)9(11)13-5-6-14-10(12)8(3)4;1-4(2)5(6)7-3;1-2-3-4/h1,3,5-6H2,2,4H3;1H2,2-3H3;2H,1H2. The zero-order valence-electron chi connectivity index (χ0n) is 15.2. The zero-order chi connectivity index (χ0) is 20.4. The maximum atomic E-state index is 10.8. The van der Waals surface area contributed by atoms with Crippen LogP contribution in [0.4, 0.5) is 0 Å². The lowest BCUT2D eigenvalue weighted by Crippen LogP contribution is -2.14. The van der Waals surface area contributed by atoms with E-state index in [9.17, 15) is 14.4 Å². The van der Waals surface area contributed by atoms with Crippen LogP contribution in [0.1, 0.15) is 20.8 Å². The van der Waals surface area contributed by atoms with Gasteiger partial charge in [0, 0.05) is 22.8 Å². The number of ether oxygens (including phenoxy) is 3. The number of hydrogen-bond acceptors (Lipinski definition) is 7. The van der Waals surface area contributed by atoms with Gasteiger partial charge < -0.3 is 14.2 Å². The summed E-state index contributed by atoms with van der Waals surface area (Å²) in [7, 11) is 1.33. The minimum absolute atomic E-state index is 0.0325. The third kappa shape index (κ3) is 20.9. The topological polar surface area (TPSA) is 103 Å². The predicted octanol–water partition coefficient (Wildman–Crippen LogP) is 2.66. The number of rotatable bonds is 6. The summed E-state index contributed by atoms with van der Waals surface area (Å²) in [6.45, 7) is 18.0. The van der Waals surface area contributed by atoms with E-state index in [1.165, 1.54) is 13.2 Å². The number of carbonyl (C=O) groups is 3. The molecule has 0 aromatic heterocycles. The first-order chi connectivity index (χ1) is 11.5. The molecule has 0 amide bonds. The minimum atomic E-state index is -0.489. The summed E-state index contributed by atoms with van der Waals surface area (Å²) >= 11 is 0. The van der Waals surface area contributed by atoms with Crippen LogP contribution in [-0.2, 0) is 28.6 Å². The Morgan fingerprint density at radius 1 is 0.880 bits per heavy atom. The van der Waals surface area contributed by atoms with Crippen molar-refractivity contribution < 1.29 is 28.6 Å². The molecule has 0 N–H and O–H groups in total. The van der Waals surface area contributed by atoms with Gasteiger partial charge >= 0.3 is 17.9 Å². The van der Waals surface area contributed by atoms with Crippen molar-refractivity contribution in [3.05, 3.63) is 49.1 Å². The summed E-state index contributed by atoms with van der Waals surface area (Å²) < 4.78 is 13.6. The first-order valence-corrected chi connectivity index (χ1v) is 6.94. The highest BCUT2D eigenvalue weighted by Gasteiger charge is 2.05. The van der Waals surface area contributed by atoms with Gasteiger partial charge in [0.25, 0.3) is 0 Å². The van der Waals surface area contributed by atoms with E-state index in [1.807, 2.05) is 0 Å². The number of nitriles is 1. The highest BCUT2D eigenvalue weighted by atomic mass is 16.6. The molecule has 0 aromatic carbocycles. The predicted molar refractivity (Wildman–Crippen MR) is 94.2 cm³/mol. The number of hydrogen-bond donors (Lipinski definition) is 0. The average molecular weight is 351 g/mol. The lowest BCUT2D eigenvalue weighted by molar-refractivity contribution is -0.147. The van der Waals surface area contributed by atoms with Crippen LogP contribution in [0.5, 0.6) is 0 Å². The van der Waals surface area contributed by atoms with E-state index in [1.54, 1.807) is 26.8 Å². The molecule has 0 unspecified atom stereocenters. The molecule has 0 saturated heterocycles. The van der Waals surface area contributed by atoms with Gasteiger partial charge in [0.2, 0.25) is 0 Å². The number of carbonyl (C=O) groups excluding carboxylic acids is 3. The van der Waals surface area contributed by atoms with Gasteiger partial charge in [-0.15, -0.1) is 0 Å². The molecule has 0 aromatic rings. The minimum Gasteiger partial charge on any atom is -0.466 e. The van der Waals surface area contributed by atoms with Crippen molar-refractivity contribution in [3.8, 4) is 6.07 Å². The Morgan fingerprint density at radius 3 is 1.28 bits per heavy atom. The van der Waals surface area contributed by atoms with Gasteiger partial charge in [0.1, 0.15) is 13.2 Å². The van der Waals surface area contributed by atoms with E-state index in [0.29, 0.717) is 16.7 Å². The van der Waals surface area contributed by atoms with Gasteiger partial charge in [-0.1, -0.05) is 26.3 Å². The smallest absolute Gasteiger partial charge is 0.333 e. The van der Waals surface area contributed by atoms with Crippen LogP contribution in [0.2, 0.25) is 0 Å². The van der Waals surface area contributed by atoms with Gasteiger partial charge in [-0.25, -0.2) is 14.4 Å². The summed E-state index contributed by atoms with van der Waals surface area (Å²) in [5.74, 6) is -1.33. The molecule has 0 aliphatic heterocycles. The maximum absolute atomic E-state index is 10.8. The highest BCUT2D eigenvalue weighted by Crippen LogP contribution is 1.94. The van der Waals surface area contributed by atoms with Gasteiger partial charge in [0.15, 0.2) is 0 Å². The second kappa shape index (κ2) is 17.2. The molecular weight excluding hydrogens is 326 g/mol. The van der Waals surface area contributed by atoms with Gasteiger partial charge in [-0.2, -0.15) is 5.26 Å². The molecule has 7 nitrogen and oxygen atoms in total. The van der Waals surface area contributed by atoms with Crippen LogP contribution >= 0.6 is 0 Å². The fourth-order valence-electron chi connectivity index (χ4n) is 0.689. The SMILES string of the molecule is C=C(C)C(=O)OC.C=C(C)C(=O)OCCOC(=O)C(=C)C.C=CC#N. The van der Waals surface area contributed by atoms with Crippen LogP contribution in [0, 0.1) is 11.3 Å². The fourth-order valence-corrected chi connectivity index (χ4v) is 0.689. The van der Waals surface area contributed by atoms with Gasteiger partial charge in [-0.3, -0.25) is 0 Å². The molecule has 0 bridgehead atoms. The number of esters is 3. The lowest BCUT2D eigenvalue weighted by atomic mass is 10.4. The first-order valence-electron chi connectivity index (χ1n) is 6.94. The summed E-state index contributed by atoms with van der Waals surface area (Å²) in [6.07, 6.45) is 1.18. The van der Waals surface area contributed by atoms with Crippen molar-refractivity contribution in [3.63, 3.8) is 0 Å². The summed E-state index contributed by atoms with van der Waals surface area (Å²) in [5, 5.41) is 7.51. The van der Waals surface area contributed by atoms with Crippen LogP contribution in [0.15, 0.2) is 49.1 Å². The Labute approximate surface area is 148 Å². The van der Waals surface area contributed by atoms with E-state index < -0.39 is 11.9 Å². The molecular formula is C18H25NO6. The van der Waals surface area contributed by atoms with Crippen molar-refractivity contribution in [1.82, 2.24) is 0 Å². The third-order valence-electron chi connectivity index (χ3n) is 1.87. The molecule has 7 heteroatoms. The molecule has 0 aliphatic carbocycles. The summed E-state index contributed by atoms with van der Waals surface area (Å²) in [5.41, 5.74) is 1.06. The fraction of sp³-hybridized carbons (Fsp3) is 0.333. The van der Waals surface area contributed by atoms with Crippen molar-refractivity contribution in [2.45, 2.75) is 20.8 Å². The second-order valence-electron chi connectivity index (χ2n) is 4.44. The van der Waals surface area contributed by atoms with E-state index in [0.717, 1.165) is 0 Å². The van der Waals surface area contributed by atoms with Crippen LogP contribution < -0.4 is 0 Å². The molecule has 0 rings (SSSR count). The maximum Gasteiger partial charge on any atom is 0.333 e. The van der Waals surface area contributed by atoms with E-state index in [4.69, 9.17) is 5.26 Å². The third-order valence-corrected chi connectivity index (χ3v) is 1.87. The van der Waals surface area contributed by atoms with E-state index in [-0.39, 0.29) is 19.2 Å². The molecule has 0 heterocycles. The molecule has 0 fully saturated rings. The van der Waals surface area contributed by atoms with Crippen LogP contribution in [0.3, 0.4) is 0 Å². The molecule has 0 radical (unpaired) electrons. The molecule has 0 saturated carbocycles. The molecule has 25 heavy (non-hydrogen) atoms. The molecule has 0 spiro atoms. The Kier molecular flexibility index (Phi) is 18.4. The van der Waals surface area contributed by atoms with Crippen molar-refractivity contribution >= 4 is 17.9 Å². The lowest BCUT2D eigenvalue weighted by Gasteiger charge is -2.05. The number of allylic oxidation sites excluding steroid dienone is 1. The monoisotopic (exact) mass is 351 g/mol. The molecule has 0 atom stereocenters. The molecule has 0 aliphatic rings. The number of nitrogens with zero attached hydrogens (tertiary/aromatic N) is 1. The van der Waals surface area contributed by atoms with Crippen LogP contribution in [0.25, 0.3) is 0 Å². The van der Waals surface area contributed by atoms with Crippen molar-refractivity contribution in [2.75, 3.05) is 20.3 Å². The Balaban J connectivity index is -0.000000365. The molecule has 138 valence electrons. The number of methoxy groups -OCH3 is 1. The Bertz CT molecular complexity index is 526. The largest absolute Gasteiger partial charge is 0.466 e. The normalized spacial score (nSPS) is 7.80. The highest BCUT2D eigenvalue weighted by molar-refractivity contribution is 5.87. The summed E-state index contributed by atoms with van der Waals surface area (Å²) in [6, 6.07) is 1.69. The average Bonchev–Trinajstić information content (AvgIpc) is 2.57. The quantitative estimate of drug-likeness (QED) is 0.238. The Morgan fingerprint density at radius 2 is 1.16 bits per heavy atom. The van der Waals surface area contributed by atoms with Crippen molar-refractivity contribution in [1.29, 1.82) is 5.26 Å². The van der Waals surface area contributed by atoms with Gasteiger partial charge in [0.05, 0.1) is 13.2 Å². The first kappa shape index (κ1) is 26.7. The van der Waals surface area contributed by atoms with E-state index >= 15 is 0 Å².